The van der Waals surface area contributed by atoms with Gasteiger partial charge in [-0.05, 0) is 42.5 Å². The third-order valence-corrected chi connectivity index (χ3v) is 5.21. The zero-order chi connectivity index (χ0) is 19.1. The van der Waals surface area contributed by atoms with E-state index in [2.05, 4.69) is 48.2 Å². The molecule has 27 heavy (non-hydrogen) atoms. The summed E-state index contributed by atoms with van der Waals surface area (Å²) in [5.41, 5.74) is 2.51. The number of piperidine rings is 1. The van der Waals surface area contributed by atoms with Crippen molar-refractivity contribution in [2.45, 2.75) is 38.8 Å². The van der Waals surface area contributed by atoms with Crippen molar-refractivity contribution >= 4 is 0 Å². The topological polar surface area (TPSA) is 41.9 Å². The minimum absolute atomic E-state index is 0.231. The van der Waals surface area contributed by atoms with Crippen molar-refractivity contribution in [3.63, 3.8) is 0 Å². The summed E-state index contributed by atoms with van der Waals surface area (Å²) in [5.74, 6) is 1.79. The van der Waals surface area contributed by atoms with Crippen molar-refractivity contribution in [1.29, 1.82) is 0 Å². The van der Waals surface area contributed by atoms with E-state index < -0.39 is 0 Å². The molecule has 2 unspecified atom stereocenters. The summed E-state index contributed by atoms with van der Waals surface area (Å²) in [6, 6.07) is 16.7. The number of rotatable bonds is 8. The van der Waals surface area contributed by atoms with Crippen molar-refractivity contribution in [3.05, 3.63) is 59.7 Å². The van der Waals surface area contributed by atoms with E-state index in [0.29, 0.717) is 6.61 Å². The number of ether oxygens (including phenoxy) is 2. The zero-order valence-electron chi connectivity index (χ0n) is 16.4. The number of benzene rings is 2. The van der Waals surface area contributed by atoms with Gasteiger partial charge < -0.3 is 14.6 Å². The van der Waals surface area contributed by atoms with E-state index in [1.807, 2.05) is 12.1 Å². The predicted octanol–water partition coefficient (Wildman–Crippen LogP) is 3.91. The first-order valence-corrected chi connectivity index (χ1v) is 9.93. The molecule has 0 amide bonds. The molecule has 0 saturated carbocycles. The molecular weight excluding hydrogens is 338 g/mol. The molecule has 0 spiro atoms. The highest BCUT2D eigenvalue weighted by Crippen LogP contribution is 2.30. The van der Waals surface area contributed by atoms with Gasteiger partial charge in [-0.1, -0.05) is 43.3 Å². The lowest BCUT2D eigenvalue weighted by molar-refractivity contribution is 0.0239. The van der Waals surface area contributed by atoms with Gasteiger partial charge in [-0.2, -0.15) is 0 Å². The molecule has 4 nitrogen and oxygen atoms in total. The minimum atomic E-state index is -0.251. The van der Waals surface area contributed by atoms with Crippen LogP contribution in [0.3, 0.4) is 0 Å². The Balaban J connectivity index is 1.66. The van der Waals surface area contributed by atoms with Crippen LogP contribution in [-0.2, 0) is 13.0 Å². The molecule has 0 bridgehead atoms. The van der Waals surface area contributed by atoms with Crippen molar-refractivity contribution in [3.8, 4) is 11.5 Å². The van der Waals surface area contributed by atoms with Crippen LogP contribution < -0.4 is 9.47 Å². The summed E-state index contributed by atoms with van der Waals surface area (Å²) >= 11 is 0. The Bertz CT molecular complexity index is 704. The highest BCUT2D eigenvalue weighted by Gasteiger charge is 2.28. The SMILES string of the molecule is CCCOc1cc(CC2CN(Cc3ccccc3)CCC2O)ccc1OC. The van der Waals surface area contributed by atoms with Crippen LogP contribution in [0.15, 0.2) is 48.5 Å². The van der Waals surface area contributed by atoms with Gasteiger partial charge in [-0.3, -0.25) is 4.90 Å². The van der Waals surface area contributed by atoms with E-state index >= 15 is 0 Å². The van der Waals surface area contributed by atoms with Gasteiger partial charge in [0.1, 0.15) is 0 Å². The summed E-state index contributed by atoms with van der Waals surface area (Å²) in [6.45, 7) is 5.57. The molecule has 1 fully saturated rings. The number of hydrogen-bond acceptors (Lipinski definition) is 4. The Morgan fingerprint density at radius 2 is 1.89 bits per heavy atom. The van der Waals surface area contributed by atoms with E-state index in [0.717, 1.165) is 50.4 Å². The maximum atomic E-state index is 10.5. The molecule has 146 valence electrons. The van der Waals surface area contributed by atoms with Crippen LogP contribution in [0, 0.1) is 5.92 Å². The first kappa shape index (κ1) is 19.7. The maximum Gasteiger partial charge on any atom is 0.161 e. The van der Waals surface area contributed by atoms with Crippen molar-refractivity contribution in [2.75, 3.05) is 26.8 Å². The minimum Gasteiger partial charge on any atom is -0.493 e. The number of likely N-dealkylation sites (tertiary alicyclic amines) is 1. The monoisotopic (exact) mass is 369 g/mol. The lowest BCUT2D eigenvalue weighted by atomic mass is 9.88. The summed E-state index contributed by atoms with van der Waals surface area (Å²) in [5, 5.41) is 10.5. The van der Waals surface area contributed by atoms with E-state index in [4.69, 9.17) is 9.47 Å². The third kappa shape index (κ3) is 5.47. The fraction of sp³-hybridized carbons (Fsp3) is 0.478. The summed E-state index contributed by atoms with van der Waals surface area (Å²) in [6.07, 6.45) is 2.38. The van der Waals surface area contributed by atoms with Crippen LogP contribution >= 0.6 is 0 Å². The lowest BCUT2D eigenvalue weighted by Gasteiger charge is -2.36. The number of nitrogens with zero attached hydrogens (tertiary/aromatic N) is 1. The fourth-order valence-electron chi connectivity index (χ4n) is 3.76. The molecule has 0 aromatic heterocycles. The van der Waals surface area contributed by atoms with Crippen LogP contribution in [0.4, 0.5) is 0 Å². The van der Waals surface area contributed by atoms with Gasteiger partial charge in [0, 0.05) is 25.6 Å². The number of aliphatic hydroxyl groups excluding tert-OH is 1. The van der Waals surface area contributed by atoms with Crippen LogP contribution in [0.1, 0.15) is 30.9 Å². The van der Waals surface area contributed by atoms with Gasteiger partial charge in [0.2, 0.25) is 0 Å². The van der Waals surface area contributed by atoms with Gasteiger partial charge in [-0.15, -0.1) is 0 Å². The normalized spacial score (nSPS) is 20.4. The fourth-order valence-corrected chi connectivity index (χ4v) is 3.76. The molecule has 2 aromatic rings. The third-order valence-electron chi connectivity index (χ3n) is 5.21. The second-order valence-electron chi connectivity index (χ2n) is 7.37. The second kappa shape index (κ2) is 9.77. The Kier molecular flexibility index (Phi) is 7.13. The molecule has 3 rings (SSSR count). The average Bonchev–Trinajstić information content (AvgIpc) is 2.70. The van der Waals surface area contributed by atoms with Crippen LogP contribution in [0.25, 0.3) is 0 Å². The highest BCUT2D eigenvalue weighted by atomic mass is 16.5. The van der Waals surface area contributed by atoms with Gasteiger partial charge in [0.05, 0.1) is 19.8 Å². The summed E-state index contributed by atoms with van der Waals surface area (Å²) < 4.78 is 11.2. The van der Waals surface area contributed by atoms with Crippen molar-refractivity contribution in [2.24, 2.45) is 5.92 Å². The summed E-state index contributed by atoms with van der Waals surface area (Å²) in [7, 11) is 1.67. The van der Waals surface area contributed by atoms with Crippen LogP contribution in [0.2, 0.25) is 0 Å². The quantitative estimate of drug-likeness (QED) is 0.766. The number of methoxy groups -OCH3 is 1. The first-order valence-electron chi connectivity index (χ1n) is 9.93. The van der Waals surface area contributed by atoms with E-state index in [1.165, 1.54) is 11.1 Å². The Hall–Kier alpha value is -2.04. The van der Waals surface area contributed by atoms with Gasteiger partial charge in [-0.25, -0.2) is 0 Å². The Morgan fingerprint density at radius 1 is 1.07 bits per heavy atom. The first-order chi connectivity index (χ1) is 13.2. The van der Waals surface area contributed by atoms with Crippen LogP contribution in [-0.4, -0.2) is 42.9 Å². The summed E-state index contributed by atoms with van der Waals surface area (Å²) in [4.78, 5) is 2.45. The second-order valence-corrected chi connectivity index (χ2v) is 7.37. The molecule has 1 saturated heterocycles. The highest BCUT2D eigenvalue weighted by molar-refractivity contribution is 5.43. The number of aliphatic hydroxyl groups is 1. The Morgan fingerprint density at radius 3 is 2.63 bits per heavy atom. The number of hydrogen-bond donors (Lipinski definition) is 1. The molecule has 2 atom stereocenters. The van der Waals surface area contributed by atoms with Gasteiger partial charge in [0.25, 0.3) is 0 Å². The molecular formula is C23H31NO3. The van der Waals surface area contributed by atoms with E-state index in [-0.39, 0.29) is 12.0 Å². The zero-order valence-corrected chi connectivity index (χ0v) is 16.4. The van der Waals surface area contributed by atoms with Gasteiger partial charge in [0.15, 0.2) is 11.5 Å². The Labute approximate surface area is 162 Å². The predicted molar refractivity (Wildman–Crippen MR) is 108 cm³/mol. The van der Waals surface area contributed by atoms with Crippen molar-refractivity contribution in [1.82, 2.24) is 4.90 Å². The van der Waals surface area contributed by atoms with E-state index in [9.17, 15) is 5.11 Å². The van der Waals surface area contributed by atoms with Gasteiger partial charge >= 0.3 is 0 Å². The maximum absolute atomic E-state index is 10.5. The molecule has 0 aliphatic carbocycles. The molecule has 4 heteroatoms. The van der Waals surface area contributed by atoms with E-state index in [1.54, 1.807) is 7.11 Å². The van der Waals surface area contributed by atoms with Crippen molar-refractivity contribution < 1.29 is 14.6 Å². The molecule has 1 aliphatic heterocycles. The molecule has 0 radical (unpaired) electrons. The largest absolute Gasteiger partial charge is 0.493 e. The lowest BCUT2D eigenvalue weighted by Crippen LogP contribution is -2.43. The van der Waals surface area contributed by atoms with Crippen LogP contribution in [0.5, 0.6) is 11.5 Å². The smallest absolute Gasteiger partial charge is 0.161 e. The standard InChI is InChI=1S/C23H31NO3/c1-3-13-27-23-15-19(9-10-22(23)26-2)14-20-17-24(12-11-21(20)25)16-18-7-5-4-6-8-18/h4-10,15,20-21,25H,3,11-14,16-17H2,1-2H3. The molecule has 1 heterocycles. The molecule has 1 aliphatic rings. The molecule has 1 N–H and O–H groups in total. The average molecular weight is 370 g/mol. The molecule has 2 aromatic carbocycles.